The molecule has 0 atom stereocenters. The molecule has 0 spiro atoms. The van der Waals surface area contributed by atoms with E-state index >= 15 is 0 Å². The number of nitriles is 1. The van der Waals surface area contributed by atoms with Crippen LogP contribution in [0.15, 0.2) is 65.6 Å². The van der Waals surface area contributed by atoms with Crippen LogP contribution in [0, 0.1) is 11.3 Å². The molecule has 0 bridgehead atoms. The molecule has 7 nitrogen and oxygen atoms in total. The number of halogens is 1. The van der Waals surface area contributed by atoms with Crippen LogP contribution in [0.2, 0.25) is 5.02 Å². The molecule has 0 saturated carbocycles. The van der Waals surface area contributed by atoms with E-state index in [2.05, 4.69) is 4.72 Å². The van der Waals surface area contributed by atoms with E-state index in [4.69, 9.17) is 16.9 Å². The lowest BCUT2D eigenvalue weighted by Gasteiger charge is -2.14. The molecule has 2 amide bonds. The average molecular weight is 480 g/mol. The predicted octanol–water partition coefficient (Wildman–Crippen LogP) is 4.94. The van der Waals surface area contributed by atoms with Crippen molar-refractivity contribution in [1.29, 1.82) is 5.26 Å². The Morgan fingerprint density at radius 3 is 2.27 bits per heavy atom. The van der Waals surface area contributed by atoms with Crippen LogP contribution < -0.4 is 9.62 Å². The number of hydrogen-bond donors (Lipinski definition) is 1. The molecule has 0 saturated heterocycles. The van der Waals surface area contributed by atoms with Gasteiger partial charge in [0.1, 0.15) is 0 Å². The van der Waals surface area contributed by atoms with E-state index in [-0.39, 0.29) is 43.9 Å². The standard InChI is InChI=1S/C24H18ClN3O4S/c1-14(2)16-6-8-18(9-7-16)33(31,32)27-20-11-10-19(25)21-22(20)24(30)28(23(21)29)17-5-3-4-15(12-17)13-26/h3-12,14,27H,1-2H3. The second kappa shape index (κ2) is 8.35. The summed E-state index contributed by atoms with van der Waals surface area (Å²) in [5, 5.41) is 9.17. The Labute approximate surface area is 196 Å². The van der Waals surface area contributed by atoms with Crippen LogP contribution >= 0.6 is 11.6 Å². The maximum absolute atomic E-state index is 13.3. The van der Waals surface area contributed by atoms with Crippen molar-refractivity contribution in [2.24, 2.45) is 0 Å². The van der Waals surface area contributed by atoms with Gasteiger partial charge in [0.05, 0.1) is 44.1 Å². The fourth-order valence-electron chi connectivity index (χ4n) is 3.59. The van der Waals surface area contributed by atoms with Gasteiger partial charge in [-0.3, -0.25) is 14.3 Å². The van der Waals surface area contributed by atoms with Gasteiger partial charge in [-0.1, -0.05) is 43.6 Å². The number of anilines is 2. The minimum absolute atomic E-state index is 0.0194. The highest BCUT2D eigenvalue weighted by atomic mass is 35.5. The summed E-state index contributed by atoms with van der Waals surface area (Å²) in [6, 6.07) is 17.1. The van der Waals surface area contributed by atoms with Crippen molar-refractivity contribution < 1.29 is 18.0 Å². The van der Waals surface area contributed by atoms with E-state index in [0.717, 1.165) is 10.5 Å². The van der Waals surface area contributed by atoms with Crippen molar-refractivity contribution in [3.63, 3.8) is 0 Å². The number of nitrogens with one attached hydrogen (secondary N) is 1. The molecule has 166 valence electrons. The summed E-state index contributed by atoms with van der Waals surface area (Å²) in [6.07, 6.45) is 0. The lowest BCUT2D eigenvalue weighted by Crippen LogP contribution is -2.29. The highest BCUT2D eigenvalue weighted by Gasteiger charge is 2.41. The van der Waals surface area contributed by atoms with E-state index in [0.29, 0.717) is 0 Å². The number of imide groups is 1. The molecule has 3 aromatic carbocycles. The van der Waals surface area contributed by atoms with Gasteiger partial charge in [-0.25, -0.2) is 13.3 Å². The van der Waals surface area contributed by atoms with E-state index in [1.165, 1.54) is 36.4 Å². The van der Waals surface area contributed by atoms with Crippen LogP contribution in [0.25, 0.3) is 0 Å². The van der Waals surface area contributed by atoms with Crippen LogP contribution in [0.5, 0.6) is 0 Å². The molecule has 0 fully saturated rings. The van der Waals surface area contributed by atoms with Gasteiger partial charge in [-0.05, 0) is 53.9 Å². The van der Waals surface area contributed by atoms with Gasteiger partial charge in [0, 0.05) is 0 Å². The van der Waals surface area contributed by atoms with Crippen LogP contribution in [-0.2, 0) is 10.0 Å². The predicted molar refractivity (Wildman–Crippen MR) is 125 cm³/mol. The molecule has 1 heterocycles. The Hall–Kier alpha value is -3.67. The Morgan fingerprint density at radius 2 is 1.64 bits per heavy atom. The summed E-state index contributed by atoms with van der Waals surface area (Å²) in [5.74, 6) is -1.19. The number of hydrogen-bond acceptors (Lipinski definition) is 5. The van der Waals surface area contributed by atoms with Crippen molar-refractivity contribution >= 4 is 44.8 Å². The molecule has 0 unspecified atom stereocenters. The molecule has 33 heavy (non-hydrogen) atoms. The van der Waals surface area contributed by atoms with Crippen LogP contribution in [0.3, 0.4) is 0 Å². The number of fused-ring (bicyclic) bond motifs is 1. The molecule has 0 aliphatic carbocycles. The van der Waals surface area contributed by atoms with E-state index in [1.54, 1.807) is 24.3 Å². The van der Waals surface area contributed by atoms with Gasteiger partial charge >= 0.3 is 0 Å². The molecule has 3 aromatic rings. The van der Waals surface area contributed by atoms with Crippen LogP contribution in [-0.4, -0.2) is 20.2 Å². The zero-order valence-electron chi connectivity index (χ0n) is 17.7. The summed E-state index contributed by atoms with van der Waals surface area (Å²) in [6.45, 7) is 4.00. The monoisotopic (exact) mass is 479 g/mol. The number of amides is 2. The molecule has 0 aromatic heterocycles. The van der Waals surface area contributed by atoms with Gasteiger partial charge in [-0.15, -0.1) is 0 Å². The molecular weight excluding hydrogens is 462 g/mol. The first-order valence-electron chi connectivity index (χ1n) is 9.98. The Bertz CT molecular complexity index is 1440. The number of nitrogens with zero attached hydrogens (tertiary/aromatic N) is 2. The van der Waals surface area contributed by atoms with Crippen LogP contribution in [0.4, 0.5) is 11.4 Å². The first-order chi connectivity index (χ1) is 15.6. The quantitative estimate of drug-likeness (QED) is 0.521. The smallest absolute Gasteiger partial charge is 0.268 e. The zero-order chi connectivity index (χ0) is 23.9. The largest absolute Gasteiger partial charge is 0.279 e. The Kier molecular flexibility index (Phi) is 5.70. The molecule has 4 rings (SSSR count). The molecule has 1 aliphatic heterocycles. The number of sulfonamides is 1. The first-order valence-corrected chi connectivity index (χ1v) is 11.8. The van der Waals surface area contributed by atoms with Gasteiger partial charge < -0.3 is 0 Å². The minimum atomic E-state index is -4.04. The molecular formula is C24H18ClN3O4S. The fraction of sp³-hybridized carbons (Fsp3) is 0.125. The third-order valence-electron chi connectivity index (χ3n) is 5.32. The van der Waals surface area contributed by atoms with Gasteiger partial charge in [0.25, 0.3) is 21.8 Å². The maximum atomic E-state index is 13.3. The summed E-state index contributed by atoms with van der Waals surface area (Å²) < 4.78 is 28.4. The summed E-state index contributed by atoms with van der Waals surface area (Å²) in [5.41, 5.74) is 1.14. The highest BCUT2D eigenvalue weighted by molar-refractivity contribution is 7.92. The fourth-order valence-corrected chi connectivity index (χ4v) is 4.90. The second-order valence-corrected chi connectivity index (χ2v) is 9.87. The topological polar surface area (TPSA) is 107 Å². The Balaban J connectivity index is 1.75. The molecule has 1 aliphatic rings. The zero-order valence-corrected chi connectivity index (χ0v) is 19.2. The number of benzene rings is 3. The summed E-state index contributed by atoms with van der Waals surface area (Å²) in [4.78, 5) is 27.2. The van der Waals surface area contributed by atoms with E-state index in [9.17, 15) is 18.0 Å². The lowest BCUT2D eigenvalue weighted by atomic mass is 10.0. The van der Waals surface area contributed by atoms with Crippen molar-refractivity contribution in [1.82, 2.24) is 0 Å². The molecule has 1 N–H and O–H groups in total. The van der Waals surface area contributed by atoms with E-state index in [1.807, 2.05) is 19.9 Å². The Morgan fingerprint density at radius 1 is 0.970 bits per heavy atom. The van der Waals surface area contributed by atoms with Gasteiger partial charge in [0.15, 0.2) is 0 Å². The van der Waals surface area contributed by atoms with Crippen LogP contribution in [0.1, 0.15) is 51.6 Å². The third kappa shape index (κ3) is 3.97. The van der Waals surface area contributed by atoms with Gasteiger partial charge in [-0.2, -0.15) is 5.26 Å². The highest BCUT2D eigenvalue weighted by Crippen LogP contribution is 2.38. The molecule has 0 radical (unpaired) electrons. The second-order valence-electron chi connectivity index (χ2n) is 7.78. The van der Waals surface area contributed by atoms with E-state index < -0.39 is 21.8 Å². The van der Waals surface area contributed by atoms with Crippen molar-refractivity contribution in [2.45, 2.75) is 24.7 Å². The summed E-state index contributed by atoms with van der Waals surface area (Å²) in [7, 11) is -4.04. The first kappa shape index (κ1) is 22.5. The number of rotatable bonds is 5. The maximum Gasteiger partial charge on any atom is 0.268 e. The SMILES string of the molecule is CC(C)c1ccc(S(=O)(=O)Nc2ccc(Cl)c3c2C(=O)N(c2cccc(C#N)c2)C3=O)cc1. The third-order valence-corrected chi connectivity index (χ3v) is 7.02. The molecule has 9 heteroatoms. The minimum Gasteiger partial charge on any atom is -0.279 e. The number of carbonyl (C=O) groups excluding carboxylic acids is 2. The van der Waals surface area contributed by atoms with Crippen molar-refractivity contribution in [3.8, 4) is 6.07 Å². The lowest BCUT2D eigenvalue weighted by molar-refractivity contribution is 0.0926. The van der Waals surface area contributed by atoms with Crippen molar-refractivity contribution in [2.75, 3.05) is 9.62 Å². The van der Waals surface area contributed by atoms with Gasteiger partial charge in [0.2, 0.25) is 0 Å². The number of carbonyl (C=O) groups is 2. The average Bonchev–Trinajstić information content (AvgIpc) is 3.07. The van der Waals surface area contributed by atoms with Crippen molar-refractivity contribution in [3.05, 3.63) is 87.9 Å². The normalized spacial score (nSPS) is 13.2. The summed E-state index contributed by atoms with van der Waals surface area (Å²) >= 11 is 6.22.